The smallest absolute Gasteiger partial charge is 0.357 e. The largest absolute Gasteiger partial charge is 0.476 e. The van der Waals surface area contributed by atoms with Crippen LogP contribution in [0.2, 0.25) is 5.02 Å². The Bertz CT molecular complexity index is 992. The van der Waals surface area contributed by atoms with Gasteiger partial charge in [0.25, 0.3) is 5.91 Å². The number of rotatable bonds is 5. The minimum atomic E-state index is -1.27. The average molecular weight is 374 g/mol. The van der Waals surface area contributed by atoms with Crippen LogP contribution in [0, 0.1) is 6.92 Å². The van der Waals surface area contributed by atoms with E-state index in [9.17, 15) is 9.59 Å². The molecule has 1 amide bonds. The number of amides is 1. The zero-order valence-corrected chi connectivity index (χ0v) is 14.9. The molecular formula is C17H16ClN5O3. The molecule has 0 bridgehead atoms. The van der Waals surface area contributed by atoms with Gasteiger partial charge in [0.15, 0.2) is 11.5 Å². The van der Waals surface area contributed by atoms with Gasteiger partial charge in [0, 0.05) is 30.0 Å². The lowest BCUT2D eigenvalue weighted by molar-refractivity contribution is 0.0685. The van der Waals surface area contributed by atoms with E-state index in [1.165, 1.54) is 10.9 Å². The molecule has 0 atom stereocenters. The number of nitrogens with one attached hydrogen (secondary N) is 1. The molecule has 3 aromatic rings. The summed E-state index contributed by atoms with van der Waals surface area (Å²) in [6, 6.07) is 9.13. The Hall–Kier alpha value is -3.13. The Morgan fingerprint density at radius 1 is 1.27 bits per heavy atom. The fourth-order valence-electron chi connectivity index (χ4n) is 2.54. The van der Waals surface area contributed by atoms with Crippen LogP contribution < -0.4 is 5.32 Å². The van der Waals surface area contributed by atoms with Crippen LogP contribution in [-0.4, -0.2) is 36.5 Å². The van der Waals surface area contributed by atoms with E-state index < -0.39 is 11.9 Å². The van der Waals surface area contributed by atoms with Gasteiger partial charge in [-0.15, -0.1) is 0 Å². The Labute approximate surface area is 154 Å². The molecule has 134 valence electrons. The fraction of sp³-hybridized carbons (Fsp3) is 0.176. The number of nitrogens with zero attached hydrogens (tertiary/aromatic N) is 4. The molecule has 0 spiro atoms. The Morgan fingerprint density at radius 2 is 2.04 bits per heavy atom. The summed E-state index contributed by atoms with van der Waals surface area (Å²) in [6.07, 6.45) is 1.36. The third-order valence-corrected chi connectivity index (χ3v) is 3.96. The third kappa shape index (κ3) is 3.75. The van der Waals surface area contributed by atoms with E-state index in [1.807, 2.05) is 25.1 Å². The summed E-state index contributed by atoms with van der Waals surface area (Å²) < 4.78 is 3.00. The highest BCUT2D eigenvalue weighted by atomic mass is 35.5. The molecule has 0 unspecified atom stereocenters. The van der Waals surface area contributed by atoms with E-state index in [1.54, 1.807) is 23.9 Å². The zero-order valence-electron chi connectivity index (χ0n) is 14.1. The quantitative estimate of drug-likeness (QED) is 0.715. The summed E-state index contributed by atoms with van der Waals surface area (Å²) in [4.78, 5) is 23.6. The van der Waals surface area contributed by atoms with E-state index in [0.717, 1.165) is 11.3 Å². The van der Waals surface area contributed by atoms with Gasteiger partial charge in [0.1, 0.15) is 0 Å². The van der Waals surface area contributed by atoms with Crippen molar-refractivity contribution in [3.05, 3.63) is 64.1 Å². The van der Waals surface area contributed by atoms with Gasteiger partial charge in [-0.25, -0.2) is 4.79 Å². The molecule has 0 fully saturated rings. The van der Waals surface area contributed by atoms with Crippen LogP contribution in [0.25, 0.3) is 0 Å². The van der Waals surface area contributed by atoms with Crippen molar-refractivity contribution in [3.8, 4) is 0 Å². The van der Waals surface area contributed by atoms with Gasteiger partial charge in [-0.05, 0) is 24.6 Å². The number of anilines is 1. The van der Waals surface area contributed by atoms with Crippen molar-refractivity contribution < 1.29 is 14.7 Å². The molecule has 0 saturated carbocycles. The van der Waals surface area contributed by atoms with Crippen LogP contribution in [0.1, 0.15) is 32.1 Å². The van der Waals surface area contributed by atoms with Gasteiger partial charge in [-0.2, -0.15) is 10.2 Å². The van der Waals surface area contributed by atoms with Gasteiger partial charge >= 0.3 is 5.97 Å². The van der Waals surface area contributed by atoms with Crippen molar-refractivity contribution in [1.29, 1.82) is 0 Å². The number of hydrogen-bond acceptors (Lipinski definition) is 4. The van der Waals surface area contributed by atoms with Crippen LogP contribution in [0.3, 0.4) is 0 Å². The Balaban J connectivity index is 1.79. The highest BCUT2D eigenvalue weighted by molar-refractivity contribution is 6.30. The van der Waals surface area contributed by atoms with Crippen molar-refractivity contribution in [3.63, 3.8) is 0 Å². The molecule has 2 heterocycles. The molecular weight excluding hydrogens is 358 g/mol. The minimum absolute atomic E-state index is 0.0259. The van der Waals surface area contributed by atoms with Crippen LogP contribution in [0.5, 0.6) is 0 Å². The molecule has 2 N–H and O–H groups in total. The molecule has 8 nitrogen and oxygen atoms in total. The molecule has 0 saturated heterocycles. The summed E-state index contributed by atoms with van der Waals surface area (Å²) in [5.41, 5.74) is 1.48. The SMILES string of the molecule is Cc1cc(NC(=O)c2cn(C)nc2C(=O)O)nn1Cc1cccc(Cl)c1. The minimum Gasteiger partial charge on any atom is -0.476 e. The maximum Gasteiger partial charge on any atom is 0.357 e. The summed E-state index contributed by atoms with van der Waals surface area (Å²) in [5, 5.41) is 20.5. The van der Waals surface area contributed by atoms with Gasteiger partial charge in [-0.1, -0.05) is 23.7 Å². The van der Waals surface area contributed by atoms with Gasteiger partial charge in [0.2, 0.25) is 0 Å². The maximum atomic E-state index is 12.4. The standard InChI is InChI=1S/C17H16ClN5O3/c1-10-6-14(20-23(10)8-11-4-3-5-12(18)7-11)19-16(24)13-9-22(2)21-15(13)17(25)26/h3-7,9H,8H2,1-2H3,(H,25,26)(H,19,20,24). The number of benzene rings is 1. The predicted octanol–water partition coefficient (Wildman–Crippen LogP) is 2.58. The van der Waals surface area contributed by atoms with Gasteiger partial charge in [-0.3, -0.25) is 14.2 Å². The van der Waals surface area contributed by atoms with Crippen LogP contribution >= 0.6 is 11.6 Å². The van der Waals surface area contributed by atoms with Crippen LogP contribution in [0.4, 0.5) is 5.82 Å². The number of aryl methyl sites for hydroxylation is 2. The van der Waals surface area contributed by atoms with Crippen LogP contribution in [-0.2, 0) is 13.6 Å². The molecule has 0 aliphatic heterocycles. The fourth-order valence-corrected chi connectivity index (χ4v) is 2.75. The summed E-state index contributed by atoms with van der Waals surface area (Å²) in [7, 11) is 1.55. The van der Waals surface area contributed by atoms with E-state index in [4.69, 9.17) is 16.7 Å². The van der Waals surface area contributed by atoms with Gasteiger partial charge < -0.3 is 10.4 Å². The number of carboxylic acid groups (broad SMARTS) is 1. The van der Waals surface area contributed by atoms with Crippen LogP contribution in [0.15, 0.2) is 36.5 Å². The molecule has 1 aromatic carbocycles. The number of aromatic nitrogens is 4. The lowest BCUT2D eigenvalue weighted by atomic mass is 10.2. The molecule has 9 heteroatoms. The highest BCUT2D eigenvalue weighted by Gasteiger charge is 2.21. The lowest BCUT2D eigenvalue weighted by Crippen LogP contribution is -2.16. The van der Waals surface area contributed by atoms with Crippen molar-refractivity contribution in [2.24, 2.45) is 7.05 Å². The Morgan fingerprint density at radius 3 is 2.73 bits per heavy atom. The number of carbonyl (C=O) groups is 2. The molecule has 2 aromatic heterocycles. The topological polar surface area (TPSA) is 102 Å². The molecule has 3 rings (SSSR count). The lowest BCUT2D eigenvalue weighted by Gasteiger charge is -2.05. The van der Waals surface area contributed by atoms with Crippen molar-refractivity contribution in [1.82, 2.24) is 19.6 Å². The molecule has 0 aliphatic carbocycles. The monoisotopic (exact) mass is 373 g/mol. The number of hydrogen-bond donors (Lipinski definition) is 2. The molecule has 0 radical (unpaired) electrons. The van der Waals surface area contributed by atoms with Crippen molar-refractivity contribution in [2.75, 3.05) is 5.32 Å². The molecule has 0 aliphatic rings. The number of halogens is 1. The Kier molecular flexibility index (Phi) is 4.77. The normalized spacial score (nSPS) is 10.7. The van der Waals surface area contributed by atoms with Gasteiger partial charge in [0.05, 0.1) is 12.1 Å². The second-order valence-electron chi connectivity index (χ2n) is 5.78. The summed E-state index contributed by atoms with van der Waals surface area (Å²) in [5.74, 6) is -1.52. The van der Waals surface area contributed by atoms with Crippen molar-refractivity contribution >= 4 is 29.3 Å². The second kappa shape index (κ2) is 7.01. The second-order valence-corrected chi connectivity index (χ2v) is 6.22. The zero-order chi connectivity index (χ0) is 18.8. The predicted molar refractivity (Wildman–Crippen MR) is 95.6 cm³/mol. The average Bonchev–Trinajstić information content (AvgIpc) is 3.11. The third-order valence-electron chi connectivity index (χ3n) is 3.72. The van der Waals surface area contributed by atoms with E-state index in [2.05, 4.69) is 15.5 Å². The maximum absolute atomic E-state index is 12.4. The number of carbonyl (C=O) groups excluding carboxylic acids is 1. The highest BCUT2D eigenvalue weighted by Crippen LogP contribution is 2.16. The van der Waals surface area contributed by atoms with Crippen molar-refractivity contribution in [2.45, 2.75) is 13.5 Å². The van der Waals surface area contributed by atoms with E-state index in [-0.39, 0.29) is 11.3 Å². The number of carboxylic acids is 1. The first-order chi connectivity index (χ1) is 12.3. The first-order valence-corrected chi connectivity index (χ1v) is 8.08. The first kappa shape index (κ1) is 17.7. The van der Waals surface area contributed by atoms with E-state index in [0.29, 0.717) is 17.4 Å². The first-order valence-electron chi connectivity index (χ1n) is 7.70. The van der Waals surface area contributed by atoms with E-state index >= 15 is 0 Å². The molecule has 26 heavy (non-hydrogen) atoms. The number of aromatic carboxylic acids is 1. The summed E-state index contributed by atoms with van der Waals surface area (Å²) >= 11 is 5.99. The summed E-state index contributed by atoms with van der Waals surface area (Å²) in [6.45, 7) is 2.36.